The van der Waals surface area contributed by atoms with Crippen molar-refractivity contribution in [2.45, 2.75) is 6.92 Å². The number of rotatable bonds is 2. The van der Waals surface area contributed by atoms with Crippen molar-refractivity contribution in [1.82, 2.24) is 0 Å². The zero-order chi connectivity index (χ0) is 14.7. The van der Waals surface area contributed by atoms with E-state index in [-0.39, 0.29) is 0 Å². The molecule has 0 aromatic heterocycles. The van der Waals surface area contributed by atoms with Gasteiger partial charge in [0.1, 0.15) is 0 Å². The second kappa shape index (κ2) is 6.76. The molecule has 0 saturated carbocycles. The molecule has 0 spiro atoms. The van der Waals surface area contributed by atoms with E-state index >= 15 is 0 Å². The number of thiocarbonyl (C=S) groups is 1. The number of hydrogen-bond donors (Lipinski definition) is 2. The van der Waals surface area contributed by atoms with Crippen LogP contribution in [-0.4, -0.2) is 5.11 Å². The van der Waals surface area contributed by atoms with Gasteiger partial charge in [-0.25, -0.2) is 0 Å². The molecule has 0 unspecified atom stereocenters. The van der Waals surface area contributed by atoms with E-state index in [0.29, 0.717) is 15.2 Å². The molecule has 2 aromatic carbocycles. The van der Waals surface area contributed by atoms with Gasteiger partial charge >= 0.3 is 0 Å². The fraction of sp³-hybridized carbons (Fsp3) is 0.0714. The number of halogens is 3. The number of hydrogen-bond acceptors (Lipinski definition) is 1. The Morgan fingerprint density at radius 2 is 1.80 bits per heavy atom. The van der Waals surface area contributed by atoms with Gasteiger partial charge in [-0.15, -0.1) is 0 Å². The maximum absolute atomic E-state index is 6.12. The van der Waals surface area contributed by atoms with Gasteiger partial charge < -0.3 is 10.6 Å². The Labute approximate surface area is 141 Å². The van der Waals surface area contributed by atoms with Crippen LogP contribution in [0.4, 0.5) is 11.4 Å². The Morgan fingerprint density at radius 3 is 2.45 bits per heavy atom. The molecule has 0 amide bonds. The fourth-order valence-electron chi connectivity index (χ4n) is 1.55. The summed E-state index contributed by atoms with van der Waals surface area (Å²) in [4.78, 5) is 0. The normalized spacial score (nSPS) is 10.2. The minimum Gasteiger partial charge on any atom is -0.332 e. The summed E-state index contributed by atoms with van der Waals surface area (Å²) in [6.45, 7) is 1.95. The largest absolute Gasteiger partial charge is 0.332 e. The number of aryl methyl sites for hydroxylation is 1. The summed E-state index contributed by atoms with van der Waals surface area (Å²) < 4.78 is 0.914. The lowest BCUT2D eigenvalue weighted by Gasteiger charge is -2.12. The Balaban J connectivity index is 2.07. The van der Waals surface area contributed by atoms with Gasteiger partial charge in [0.15, 0.2) is 5.11 Å². The summed E-state index contributed by atoms with van der Waals surface area (Å²) in [5.41, 5.74) is 2.59. The maximum Gasteiger partial charge on any atom is 0.175 e. The molecule has 2 N–H and O–H groups in total. The summed E-state index contributed by atoms with van der Waals surface area (Å²) in [6, 6.07) is 11.2. The summed E-state index contributed by atoms with van der Waals surface area (Å²) in [6.07, 6.45) is 0. The second-order valence-corrected chi connectivity index (χ2v) is 6.31. The molecule has 6 heteroatoms. The highest BCUT2D eigenvalue weighted by Gasteiger charge is 2.04. The van der Waals surface area contributed by atoms with Crippen LogP contribution in [0.25, 0.3) is 0 Å². The standard InChI is InChI=1S/C14H11BrCl2N2S/c1-8-2-4-10(7-11(8)16)18-14(20)19-13-5-3-9(15)6-12(13)17/h2-7H,1H3,(H2,18,19,20). The molecule has 2 aromatic rings. The van der Waals surface area contributed by atoms with E-state index in [9.17, 15) is 0 Å². The molecule has 0 heterocycles. The van der Waals surface area contributed by atoms with E-state index in [0.717, 1.165) is 21.4 Å². The molecule has 0 fully saturated rings. The van der Waals surface area contributed by atoms with Gasteiger partial charge in [0.2, 0.25) is 0 Å². The van der Waals surface area contributed by atoms with Crippen LogP contribution in [0, 0.1) is 6.92 Å². The van der Waals surface area contributed by atoms with E-state index in [1.165, 1.54) is 0 Å². The van der Waals surface area contributed by atoms with Crippen LogP contribution in [0.5, 0.6) is 0 Å². The van der Waals surface area contributed by atoms with Crippen molar-refractivity contribution in [3.8, 4) is 0 Å². The van der Waals surface area contributed by atoms with E-state index in [1.807, 2.05) is 37.3 Å². The van der Waals surface area contributed by atoms with Crippen LogP contribution in [0.2, 0.25) is 10.0 Å². The predicted molar refractivity (Wildman–Crippen MR) is 95.2 cm³/mol. The van der Waals surface area contributed by atoms with Gasteiger partial charge in [0.25, 0.3) is 0 Å². The Hall–Kier alpha value is -0.810. The van der Waals surface area contributed by atoms with Crippen LogP contribution in [-0.2, 0) is 0 Å². The zero-order valence-electron chi connectivity index (χ0n) is 10.5. The third kappa shape index (κ3) is 4.09. The maximum atomic E-state index is 6.12. The van der Waals surface area contributed by atoms with Crippen molar-refractivity contribution in [2.24, 2.45) is 0 Å². The minimum atomic E-state index is 0.453. The average Bonchev–Trinajstić information content (AvgIpc) is 2.37. The smallest absolute Gasteiger partial charge is 0.175 e. The van der Waals surface area contributed by atoms with Gasteiger partial charge in [-0.2, -0.15) is 0 Å². The highest BCUT2D eigenvalue weighted by molar-refractivity contribution is 9.10. The van der Waals surface area contributed by atoms with Crippen molar-refractivity contribution in [2.75, 3.05) is 10.6 Å². The van der Waals surface area contributed by atoms with E-state index in [1.54, 1.807) is 6.07 Å². The summed E-state index contributed by atoms with van der Waals surface area (Å²) >= 11 is 20.8. The molecule has 0 radical (unpaired) electrons. The van der Waals surface area contributed by atoms with E-state index in [2.05, 4.69) is 26.6 Å². The van der Waals surface area contributed by atoms with Crippen molar-refractivity contribution >= 4 is 67.8 Å². The van der Waals surface area contributed by atoms with Crippen molar-refractivity contribution in [3.05, 3.63) is 56.5 Å². The summed E-state index contributed by atoms with van der Waals surface area (Å²) in [5, 5.41) is 7.85. The minimum absolute atomic E-state index is 0.453. The molecule has 0 aliphatic heterocycles. The van der Waals surface area contributed by atoms with Crippen LogP contribution >= 0.6 is 51.3 Å². The highest BCUT2D eigenvalue weighted by atomic mass is 79.9. The van der Waals surface area contributed by atoms with Crippen LogP contribution in [0.3, 0.4) is 0 Å². The zero-order valence-corrected chi connectivity index (χ0v) is 14.4. The first kappa shape index (κ1) is 15.6. The fourth-order valence-corrected chi connectivity index (χ4v) is 2.68. The first-order valence-corrected chi connectivity index (χ1v) is 7.70. The topological polar surface area (TPSA) is 24.1 Å². The van der Waals surface area contributed by atoms with Crippen molar-refractivity contribution < 1.29 is 0 Å². The predicted octanol–water partition coefficient (Wildman–Crippen LogP) is 5.87. The monoisotopic (exact) mass is 388 g/mol. The Morgan fingerprint density at radius 1 is 1.05 bits per heavy atom. The number of benzene rings is 2. The number of nitrogens with one attached hydrogen (secondary N) is 2. The lowest BCUT2D eigenvalue weighted by molar-refractivity contribution is 1.46. The van der Waals surface area contributed by atoms with Crippen molar-refractivity contribution in [1.29, 1.82) is 0 Å². The van der Waals surface area contributed by atoms with Gasteiger partial charge in [-0.1, -0.05) is 45.2 Å². The molecule has 104 valence electrons. The molecule has 0 bridgehead atoms. The van der Waals surface area contributed by atoms with Gasteiger partial charge in [-0.3, -0.25) is 0 Å². The van der Waals surface area contributed by atoms with Crippen molar-refractivity contribution in [3.63, 3.8) is 0 Å². The molecule has 20 heavy (non-hydrogen) atoms. The molecule has 2 nitrogen and oxygen atoms in total. The van der Waals surface area contributed by atoms with Crippen LogP contribution < -0.4 is 10.6 Å². The second-order valence-electron chi connectivity index (χ2n) is 4.17. The number of anilines is 2. The molecule has 0 atom stereocenters. The molecular formula is C14H11BrCl2N2S. The van der Waals surface area contributed by atoms with E-state index < -0.39 is 0 Å². The molecule has 0 saturated heterocycles. The summed E-state index contributed by atoms with van der Waals surface area (Å²) in [7, 11) is 0. The van der Waals surface area contributed by atoms with E-state index in [4.69, 9.17) is 35.4 Å². The summed E-state index contributed by atoms with van der Waals surface area (Å²) in [5.74, 6) is 0. The molecule has 2 rings (SSSR count). The van der Waals surface area contributed by atoms with Gasteiger partial charge in [0, 0.05) is 15.2 Å². The quantitative estimate of drug-likeness (QED) is 0.627. The third-order valence-corrected chi connectivity index (χ3v) is 4.03. The first-order valence-electron chi connectivity index (χ1n) is 5.75. The first-order chi connectivity index (χ1) is 9.45. The van der Waals surface area contributed by atoms with Gasteiger partial charge in [-0.05, 0) is 55.0 Å². The molecule has 0 aliphatic rings. The third-order valence-electron chi connectivity index (χ3n) is 2.61. The van der Waals surface area contributed by atoms with Crippen LogP contribution in [0.15, 0.2) is 40.9 Å². The highest BCUT2D eigenvalue weighted by Crippen LogP contribution is 2.26. The lowest BCUT2D eigenvalue weighted by atomic mass is 10.2. The Kier molecular flexibility index (Phi) is 5.27. The Bertz CT molecular complexity index is 662. The SMILES string of the molecule is Cc1ccc(NC(=S)Nc2ccc(Br)cc2Cl)cc1Cl. The lowest BCUT2D eigenvalue weighted by Crippen LogP contribution is -2.19. The molecular weight excluding hydrogens is 379 g/mol. The van der Waals surface area contributed by atoms with Gasteiger partial charge in [0.05, 0.1) is 10.7 Å². The van der Waals surface area contributed by atoms with Crippen LogP contribution in [0.1, 0.15) is 5.56 Å². The molecule has 0 aliphatic carbocycles. The average molecular weight is 390 g/mol.